The number of benzene rings is 3. The van der Waals surface area contributed by atoms with Crippen LogP contribution in [0.1, 0.15) is 38.1 Å². The average molecular weight is 571 g/mol. The van der Waals surface area contributed by atoms with Crippen LogP contribution in [0.25, 0.3) is 5.76 Å². The van der Waals surface area contributed by atoms with E-state index in [-0.39, 0.29) is 21.3 Å². The minimum absolute atomic E-state index is 0.118. The summed E-state index contributed by atoms with van der Waals surface area (Å²) in [6, 6.07) is 22.0. The zero-order valence-corrected chi connectivity index (χ0v) is 23.3. The highest BCUT2D eigenvalue weighted by atomic mass is 32.1. The number of aromatic nitrogens is 1. The molecular weight excluding hydrogens is 544 g/mol. The average Bonchev–Trinajstić information content (AvgIpc) is 3.52. The summed E-state index contributed by atoms with van der Waals surface area (Å²) in [5, 5.41) is 11.5. The van der Waals surface area contributed by atoms with Crippen LogP contribution in [0.4, 0.5) is 5.13 Å². The Morgan fingerprint density at radius 3 is 2.39 bits per heavy atom. The van der Waals surface area contributed by atoms with Crippen LogP contribution in [0.3, 0.4) is 0 Å². The van der Waals surface area contributed by atoms with Crippen molar-refractivity contribution in [1.29, 1.82) is 0 Å². The number of hydrogen-bond acceptors (Lipinski definition) is 9. The molecule has 1 amide bonds. The van der Waals surface area contributed by atoms with Crippen molar-refractivity contribution in [2.75, 3.05) is 19.1 Å². The van der Waals surface area contributed by atoms with Gasteiger partial charge in [-0.1, -0.05) is 53.8 Å². The number of amides is 1. The van der Waals surface area contributed by atoms with Crippen LogP contribution in [-0.2, 0) is 20.9 Å². The lowest BCUT2D eigenvalue weighted by Gasteiger charge is -2.23. The van der Waals surface area contributed by atoms with E-state index in [2.05, 4.69) is 4.98 Å². The number of aryl methyl sites for hydroxylation is 1. The van der Waals surface area contributed by atoms with E-state index in [1.807, 2.05) is 30.3 Å². The number of Topliss-reactive ketones (excluding diaryl/α,β-unsaturated/α-hetero) is 1. The first kappa shape index (κ1) is 27.6. The number of carbonyl (C=O) groups is 3. The lowest BCUT2D eigenvalue weighted by atomic mass is 9.95. The Hall–Kier alpha value is -4.96. The fraction of sp³-hybridized carbons (Fsp3) is 0.161. The van der Waals surface area contributed by atoms with Crippen LogP contribution in [0.15, 0.2) is 84.4 Å². The smallest absolute Gasteiger partial charge is 0.350 e. The Kier molecular flexibility index (Phi) is 7.84. The topological polar surface area (TPSA) is 115 Å². The van der Waals surface area contributed by atoms with Gasteiger partial charge in [0.25, 0.3) is 5.78 Å². The third kappa shape index (κ3) is 5.42. The van der Waals surface area contributed by atoms with Gasteiger partial charge in [-0.25, -0.2) is 9.78 Å². The molecular formula is C31H26N2O7S. The van der Waals surface area contributed by atoms with Gasteiger partial charge in [0.2, 0.25) is 0 Å². The highest BCUT2D eigenvalue weighted by Crippen LogP contribution is 2.44. The molecule has 0 spiro atoms. The number of hydrogen-bond donors (Lipinski definition) is 1. The molecule has 1 aliphatic heterocycles. The number of carbonyl (C=O) groups excluding carboxylic acids is 3. The number of ether oxygens (including phenoxy) is 3. The van der Waals surface area contributed by atoms with Gasteiger partial charge in [-0.15, -0.1) is 0 Å². The van der Waals surface area contributed by atoms with E-state index in [1.165, 1.54) is 19.1 Å². The summed E-state index contributed by atoms with van der Waals surface area (Å²) in [6.07, 6.45) is 0. The van der Waals surface area contributed by atoms with Gasteiger partial charge in [-0.3, -0.25) is 14.5 Å². The second kappa shape index (κ2) is 11.6. The quantitative estimate of drug-likeness (QED) is 0.129. The monoisotopic (exact) mass is 570 g/mol. The molecule has 5 rings (SSSR count). The Bertz CT molecular complexity index is 1640. The third-order valence-electron chi connectivity index (χ3n) is 6.59. The van der Waals surface area contributed by atoms with Gasteiger partial charge in [-0.05, 0) is 54.4 Å². The molecule has 0 radical (unpaired) electrons. The third-order valence-corrected chi connectivity index (χ3v) is 7.73. The molecule has 0 bridgehead atoms. The maximum atomic E-state index is 13.5. The standard InChI is InChI=1S/C31H26N2O7S/c1-18-28(30(37)39-3)41-31(32-18)33-25(21-10-7-11-23(16-21)40-17-19-8-5-4-6-9-19)24(27(35)29(33)36)26(34)20-12-14-22(38-2)15-13-20/h4-16,25,34H,17H2,1-3H3/b26-24+. The highest BCUT2D eigenvalue weighted by molar-refractivity contribution is 7.17. The summed E-state index contributed by atoms with van der Waals surface area (Å²) in [6.45, 7) is 1.93. The molecule has 1 aromatic heterocycles. The molecule has 0 saturated carbocycles. The number of methoxy groups -OCH3 is 2. The largest absolute Gasteiger partial charge is 0.507 e. The fourth-order valence-electron chi connectivity index (χ4n) is 4.53. The molecule has 1 aliphatic rings. The minimum atomic E-state index is -1.05. The van der Waals surface area contributed by atoms with Gasteiger partial charge >= 0.3 is 11.9 Å². The van der Waals surface area contributed by atoms with E-state index in [4.69, 9.17) is 14.2 Å². The molecule has 1 N–H and O–H groups in total. The van der Waals surface area contributed by atoms with Crippen molar-refractivity contribution in [3.63, 3.8) is 0 Å². The molecule has 1 fully saturated rings. The van der Waals surface area contributed by atoms with E-state index in [0.717, 1.165) is 16.9 Å². The van der Waals surface area contributed by atoms with E-state index < -0.39 is 23.7 Å². The van der Waals surface area contributed by atoms with Crippen LogP contribution >= 0.6 is 11.3 Å². The van der Waals surface area contributed by atoms with Crippen molar-refractivity contribution in [2.45, 2.75) is 19.6 Å². The predicted molar refractivity (Wildman–Crippen MR) is 153 cm³/mol. The molecule has 2 heterocycles. The van der Waals surface area contributed by atoms with Gasteiger partial charge in [0, 0.05) is 5.56 Å². The van der Waals surface area contributed by atoms with E-state index >= 15 is 0 Å². The lowest BCUT2D eigenvalue weighted by molar-refractivity contribution is -0.132. The molecule has 10 heteroatoms. The number of esters is 1. The summed E-state index contributed by atoms with van der Waals surface area (Å²) < 4.78 is 16.1. The first-order valence-electron chi connectivity index (χ1n) is 12.6. The van der Waals surface area contributed by atoms with Crippen LogP contribution < -0.4 is 14.4 Å². The van der Waals surface area contributed by atoms with Gasteiger partial charge < -0.3 is 19.3 Å². The van der Waals surface area contributed by atoms with Gasteiger partial charge in [0.15, 0.2) is 5.13 Å². The van der Waals surface area contributed by atoms with E-state index in [0.29, 0.717) is 34.9 Å². The molecule has 4 aromatic rings. The van der Waals surface area contributed by atoms with Gasteiger partial charge in [0.05, 0.1) is 31.5 Å². The van der Waals surface area contributed by atoms with Gasteiger partial charge in [-0.2, -0.15) is 0 Å². The van der Waals surface area contributed by atoms with Crippen molar-refractivity contribution in [1.82, 2.24) is 4.98 Å². The maximum Gasteiger partial charge on any atom is 0.350 e. The first-order chi connectivity index (χ1) is 19.8. The predicted octanol–water partition coefficient (Wildman–Crippen LogP) is 5.45. The number of ketones is 1. The van der Waals surface area contributed by atoms with Crippen molar-refractivity contribution in [3.05, 3.63) is 112 Å². The normalized spacial score (nSPS) is 16.1. The van der Waals surface area contributed by atoms with Crippen LogP contribution in [-0.4, -0.2) is 42.0 Å². The molecule has 41 heavy (non-hydrogen) atoms. The van der Waals surface area contributed by atoms with Crippen molar-refractivity contribution in [2.24, 2.45) is 0 Å². The second-order valence-electron chi connectivity index (χ2n) is 9.15. The molecule has 1 unspecified atom stereocenters. The van der Waals surface area contributed by atoms with Crippen LogP contribution in [0.2, 0.25) is 0 Å². The summed E-state index contributed by atoms with van der Waals surface area (Å²) >= 11 is 0.935. The molecule has 0 aliphatic carbocycles. The lowest BCUT2D eigenvalue weighted by Crippen LogP contribution is -2.29. The SMILES string of the molecule is COC(=O)c1sc(N2C(=O)C(=O)/C(=C(/O)c3ccc(OC)cc3)C2c2cccc(OCc3ccccc3)c2)nc1C. The first-order valence-corrected chi connectivity index (χ1v) is 13.4. The number of thiazole rings is 1. The summed E-state index contributed by atoms with van der Waals surface area (Å²) in [5.74, 6) is -1.65. The van der Waals surface area contributed by atoms with Crippen LogP contribution in [0.5, 0.6) is 11.5 Å². The van der Waals surface area contributed by atoms with Gasteiger partial charge in [0.1, 0.15) is 28.7 Å². The molecule has 3 aromatic carbocycles. The van der Waals surface area contributed by atoms with Crippen molar-refractivity contribution < 1.29 is 33.7 Å². The van der Waals surface area contributed by atoms with E-state index in [9.17, 15) is 19.5 Å². The highest BCUT2D eigenvalue weighted by Gasteiger charge is 2.48. The van der Waals surface area contributed by atoms with Crippen molar-refractivity contribution >= 4 is 39.9 Å². The molecule has 1 saturated heterocycles. The second-order valence-corrected chi connectivity index (χ2v) is 10.1. The van der Waals surface area contributed by atoms with Crippen molar-refractivity contribution in [3.8, 4) is 11.5 Å². The zero-order chi connectivity index (χ0) is 29.1. The molecule has 9 nitrogen and oxygen atoms in total. The Balaban J connectivity index is 1.62. The summed E-state index contributed by atoms with van der Waals surface area (Å²) in [4.78, 5) is 45.2. The van der Waals surface area contributed by atoms with E-state index in [1.54, 1.807) is 55.5 Å². The fourth-order valence-corrected chi connectivity index (χ4v) is 5.54. The summed E-state index contributed by atoms with van der Waals surface area (Å²) in [5.41, 5.74) is 2.05. The minimum Gasteiger partial charge on any atom is -0.507 e. The Morgan fingerprint density at radius 1 is 0.976 bits per heavy atom. The molecule has 208 valence electrons. The Labute approximate surface area is 240 Å². The number of rotatable bonds is 8. The number of nitrogens with zero attached hydrogens (tertiary/aromatic N) is 2. The summed E-state index contributed by atoms with van der Waals surface area (Å²) in [7, 11) is 2.77. The van der Waals surface area contributed by atoms with Crippen LogP contribution in [0, 0.1) is 6.92 Å². The maximum absolute atomic E-state index is 13.5. The number of anilines is 1. The number of aliphatic hydroxyl groups excluding tert-OH is 1. The Morgan fingerprint density at radius 2 is 1.71 bits per heavy atom. The number of aliphatic hydroxyl groups is 1. The molecule has 1 atom stereocenters. The zero-order valence-electron chi connectivity index (χ0n) is 22.5.